The molecule has 28 heavy (non-hydrogen) atoms. The van der Waals surface area contributed by atoms with Crippen molar-refractivity contribution < 1.29 is 19.0 Å². The number of hydrogen-bond acceptors (Lipinski definition) is 4. The molecule has 152 valence electrons. The topological polar surface area (TPSA) is 56.8 Å². The lowest BCUT2D eigenvalue weighted by atomic mass is 10.1. The third-order valence-electron chi connectivity index (χ3n) is 3.91. The quantitative estimate of drug-likeness (QED) is 0.540. The highest BCUT2D eigenvalue weighted by Gasteiger charge is 2.11. The zero-order valence-electron chi connectivity index (χ0n) is 16.9. The molecule has 0 aliphatic carbocycles. The van der Waals surface area contributed by atoms with Crippen molar-refractivity contribution in [2.75, 3.05) is 20.3 Å². The van der Waals surface area contributed by atoms with E-state index in [0.717, 1.165) is 22.2 Å². The largest absolute Gasteiger partial charge is 0.493 e. The minimum atomic E-state index is -0.151. The number of carbonyl (C=O) groups is 1. The summed E-state index contributed by atoms with van der Waals surface area (Å²) < 4.78 is 17.5. The van der Waals surface area contributed by atoms with Crippen LogP contribution < -0.4 is 19.5 Å². The van der Waals surface area contributed by atoms with Gasteiger partial charge in [-0.05, 0) is 64.2 Å². The third kappa shape index (κ3) is 6.44. The first-order chi connectivity index (χ1) is 13.4. The van der Waals surface area contributed by atoms with Crippen LogP contribution in [0.5, 0.6) is 17.2 Å². The summed E-state index contributed by atoms with van der Waals surface area (Å²) in [6, 6.07) is 11.0. The average molecular weight is 450 g/mol. The molecule has 2 rings (SSSR count). The van der Waals surface area contributed by atoms with E-state index in [9.17, 15) is 4.79 Å². The molecule has 5 nitrogen and oxygen atoms in total. The van der Waals surface area contributed by atoms with Gasteiger partial charge in [0.2, 0.25) is 0 Å². The molecular formula is C22H28BrNO4. The van der Waals surface area contributed by atoms with Crippen molar-refractivity contribution in [3.63, 3.8) is 0 Å². The number of carbonyl (C=O) groups excluding carboxylic acids is 1. The lowest BCUT2D eigenvalue weighted by Crippen LogP contribution is -2.22. The molecule has 6 heteroatoms. The molecule has 0 saturated heterocycles. The van der Waals surface area contributed by atoms with Gasteiger partial charge in [0.25, 0.3) is 5.91 Å². The maximum Gasteiger partial charge on any atom is 0.251 e. The first-order valence-corrected chi connectivity index (χ1v) is 10.2. The Morgan fingerprint density at radius 3 is 2.46 bits per heavy atom. The van der Waals surface area contributed by atoms with Crippen LogP contribution in [0.15, 0.2) is 40.9 Å². The monoisotopic (exact) mass is 449 g/mol. The van der Waals surface area contributed by atoms with E-state index in [0.29, 0.717) is 42.7 Å². The number of rotatable bonds is 10. The van der Waals surface area contributed by atoms with Gasteiger partial charge < -0.3 is 19.5 Å². The summed E-state index contributed by atoms with van der Waals surface area (Å²) in [5.41, 5.74) is 1.50. The van der Waals surface area contributed by atoms with Crippen molar-refractivity contribution in [1.29, 1.82) is 0 Å². The number of ether oxygens (including phenoxy) is 3. The summed E-state index contributed by atoms with van der Waals surface area (Å²) in [6.45, 7) is 7.90. The molecule has 0 heterocycles. The first-order valence-electron chi connectivity index (χ1n) is 9.44. The summed E-state index contributed by atoms with van der Waals surface area (Å²) in [5, 5.41) is 2.93. The minimum absolute atomic E-state index is 0.151. The second kappa shape index (κ2) is 11.0. The normalized spacial score (nSPS) is 10.6. The number of hydrogen-bond donors (Lipinski definition) is 1. The number of benzene rings is 2. The molecule has 0 spiro atoms. The highest BCUT2D eigenvalue weighted by atomic mass is 79.9. The van der Waals surface area contributed by atoms with E-state index in [1.54, 1.807) is 19.2 Å². The van der Waals surface area contributed by atoms with Gasteiger partial charge in [-0.2, -0.15) is 0 Å². The lowest BCUT2D eigenvalue weighted by Gasteiger charge is -2.13. The van der Waals surface area contributed by atoms with E-state index in [1.165, 1.54) is 0 Å². The third-order valence-corrected chi connectivity index (χ3v) is 4.53. The van der Waals surface area contributed by atoms with E-state index < -0.39 is 0 Å². The SMILES string of the molecule is CCCOc1ccc(CNC(=O)c2ccc(OCC(C)C)c(Br)c2)cc1OC. The van der Waals surface area contributed by atoms with Crippen molar-refractivity contribution in [2.24, 2.45) is 5.92 Å². The minimum Gasteiger partial charge on any atom is -0.493 e. The number of amides is 1. The second-order valence-corrected chi connectivity index (χ2v) is 7.72. The Kier molecular flexibility index (Phi) is 8.64. The van der Waals surface area contributed by atoms with Crippen molar-refractivity contribution >= 4 is 21.8 Å². The maximum absolute atomic E-state index is 12.5. The Labute approximate surface area is 175 Å². The molecule has 2 aromatic rings. The van der Waals surface area contributed by atoms with Crippen LogP contribution in [0.1, 0.15) is 43.1 Å². The molecule has 0 aromatic heterocycles. The average Bonchev–Trinajstić information content (AvgIpc) is 2.69. The van der Waals surface area contributed by atoms with Crippen LogP contribution in [0.4, 0.5) is 0 Å². The lowest BCUT2D eigenvalue weighted by molar-refractivity contribution is 0.0950. The zero-order valence-corrected chi connectivity index (χ0v) is 18.5. The van der Waals surface area contributed by atoms with E-state index >= 15 is 0 Å². The van der Waals surface area contributed by atoms with E-state index in [-0.39, 0.29) is 5.91 Å². The van der Waals surface area contributed by atoms with Gasteiger partial charge in [-0.3, -0.25) is 4.79 Å². The summed E-state index contributed by atoms with van der Waals surface area (Å²) >= 11 is 3.47. The van der Waals surface area contributed by atoms with Crippen LogP contribution in [0, 0.1) is 5.92 Å². The zero-order chi connectivity index (χ0) is 20.5. The number of methoxy groups -OCH3 is 1. The fraction of sp³-hybridized carbons (Fsp3) is 0.409. The fourth-order valence-corrected chi connectivity index (χ4v) is 2.95. The van der Waals surface area contributed by atoms with Crippen molar-refractivity contribution in [1.82, 2.24) is 5.32 Å². The molecule has 0 radical (unpaired) electrons. The fourth-order valence-electron chi connectivity index (χ4n) is 2.45. The van der Waals surface area contributed by atoms with Gasteiger partial charge in [0.15, 0.2) is 11.5 Å². The maximum atomic E-state index is 12.5. The van der Waals surface area contributed by atoms with Gasteiger partial charge in [-0.15, -0.1) is 0 Å². The van der Waals surface area contributed by atoms with Gasteiger partial charge >= 0.3 is 0 Å². The number of halogens is 1. The molecule has 0 saturated carbocycles. The molecule has 1 amide bonds. The Bertz CT molecular complexity index is 792. The van der Waals surface area contributed by atoms with Crippen LogP contribution in [0.2, 0.25) is 0 Å². The van der Waals surface area contributed by atoms with Gasteiger partial charge in [-0.25, -0.2) is 0 Å². The first kappa shape index (κ1) is 22.1. The summed E-state index contributed by atoms with van der Waals surface area (Å²) in [5.74, 6) is 2.39. The molecule has 0 unspecified atom stereocenters. The molecule has 0 bridgehead atoms. The van der Waals surface area contributed by atoms with E-state index in [2.05, 4.69) is 42.0 Å². The molecule has 1 N–H and O–H groups in total. The van der Waals surface area contributed by atoms with Gasteiger partial charge in [0, 0.05) is 12.1 Å². The molecular weight excluding hydrogens is 422 g/mol. The van der Waals surface area contributed by atoms with Crippen molar-refractivity contribution in [3.05, 3.63) is 52.0 Å². The molecule has 2 aromatic carbocycles. The Morgan fingerprint density at radius 1 is 1.07 bits per heavy atom. The highest BCUT2D eigenvalue weighted by Crippen LogP contribution is 2.29. The smallest absolute Gasteiger partial charge is 0.251 e. The van der Waals surface area contributed by atoms with Crippen LogP contribution in [0.25, 0.3) is 0 Å². The van der Waals surface area contributed by atoms with E-state index in [4.69, 9.17) is 14.2 Å². The summed E-state index contributed by atoms with van der Waals surface area (Å²) in [6.07, 6.45) is 0.928. The Morgan fingerprint density at radius 2 is 1.82 bits per heavy atom. The van der Waals surface area contributed by atoms with Gasteiger partial charge in [0.05, 0.1) is 24.8 Å². The molecule has 0 aliphatic rings. The summed E-state index contributed by atoms with van der Waals surface area (Å²) in [7, 11) is 1.61. The van der Waals surface area contributed by atoms with Crippen LogP contribution in [0.3, 0.4) is 0 Å². The molecule has 0 aliphatic heterocycles. The van der Waals surface area contributed by atoms with Crippen LogP contribution in [-0.4, -0.2) is 26.2 Å². The van der Waals surface area contributed by atoms with Crippen molar-refractivity contribution in [3.8, 4) is 17.2 Å². The van der Waals surface area contributed by atoms with Crippen molar-refractivity contribution in [2.45, 2.75) is 33.7 Å². The Hall–Kier alpha value is -2.21. The van der Waals surface area contributed by atoms with Crippen LogP contribution >= 0.6 is 15.9 Å². The summed E-state index contributed by atoms with van der Waals surface area (Å²) in [4.78, 5) is 12.5. The second-order valence-electron chi connectivity index (χ2n) is 6.87. The Balaban J connectivity index is 1.99. The van der Waals surface area contributed by atoms with Crippen LogP contribution in [-0.2, 0) is 6.54 Å². The number of nitrogens with one attached hydrogen (secondary N) is 1. The predicted octanol–water partition coefficient (Wildman–Crippen LogP) is 5.21. The van der Waals surface area contributed by atoms with Gasteiger partial charge in [-0.1, -0.05) is 26.8 Å². The van der Waals surface area contributed by atoms with E-state index in [1.807, 2.05) is 24.3 Å². The van der Waals surface area contributed by atoms with Gasteiger partial charge in [0.1, 0.15) is 5.75 Å². The molecule has 0 atom stereocenters. The molecule has 0 fully saturated rings. The highest BCUT2D eigenvalue weighted by molar-refractivity contribution is 9.10. The standard InChI is InChI=1S/C22H28BrNO4/c1-5-10-27-20-8-6-16(11-21(20)26-4)13-24-22(25)17-7-9-19(18(23)12-17)28-14-15(2)3/h6-9,11-12,15H,5,10,13-14H2,1-4H3,(H,24,25). The predicted molar refractivity (Wildman–Crippen MR) is 114 cm³/mol.